The van der Waals surface area contributed by atoms with Crippen molar-refractivity contribution in [1.82, 2.24) is 14.1 Å². The molecule has 13 heteroatoms. The molecule has 0 aliphatic carbocycles. The molecule has 2 aromatic carbocycles. The average molecular weight is 584 g/mol. The number of hydrogen-bond donors (Lipinski definition) is 0. The zero-order chi connectivity index (χ0) is 27.7. The van der Waals surface area contributed by atoms with Gasteiger partial charge in [0.15, 0.2) is 9.84 Å². The Bertz CT molecular complexity index is 1530. The quantitative estimate of drug-likeness (QED) is 0.533. The third-order valence-electron chi connectivity index (χ3n) is 7.50. The van der Waals surface area contributed by atoms with E-state index in [-0.39, 0.29) is 43.9 Å². The SMILES string of the molecule is CC(C)(C)OC(=O)N1CCC2(CC1)CN1C(=O)CN(S(=O)(=O)c3ccc4cc(Cl)ccc4c3)CC1S2(=O)=O. The van der Waals surface area contributed by atoms with Gasteiger partial charge in [0, 0.05) is 31.2 Å². The molecule has 0 saturated carbocycles. The lowest BCUT2D eigenvalue weighted by atomic mass is 9.95. The molecule has 38 heavy (non-hydrogen) atoms. The van der Waals surface area contributed by atoms with Crippen molar-refractivity contribution in [3.63, 3.8) is 0 Å². The molecule has 1 spiro atoms. The number of rotatable bonds is 2. The lowest BCUT2D eigenvalue weighted by Crippen LogP contribution is -2.56. The molecule has 5 rings (SSSR count). The van der Waals surface area contributed by atoms with Crippen molar-refractivity contribution in [2.45, 2.75) is 54.2 Å². The molecular weight excluding hydrogens is 554 g/mol. The van der Waals surface area contributed by atoms with Crippen LogP contribution in [0.3, 0.4) is 0 Å². The van der Waals surface area contributed by atoms with Crippen LogP contribution in [0.25, 0.3) is 10.8 Å². The molecule has 3 heterocycles. The topological polar surface area (TPSA) is 121 Å². The van der Waals surface area contributed by atoms with Crippen LogP contribution in [0.1, 0.15) is 33.6 Å². The zero-order valence-corrected chi connectivity index (χ0v) is 23.8. The summed E-state index contributed by atoms with van der Waals surface area (Å²) in [6.45, 7) is 4.83. The summed E-state index contributed by atoms with van der Waals surface area (Å²) >= 11 is 6.02. The lowest BCUT2D eigenvalue weighted by Gasteiger charge is -2.38. The largest absolute Gasteiger partial charge is 0.444 e. The molecule has 0 radical (unpaired) electrons. The van der Waals surface area contributed by atoms with Crippen LogP contribution in [-0.4, -0.2) is 91.4 Å². The number of piperazine rings is 1. The minimum atomic E-state index is -4.15. The van der Waals surface area contributed by atoms with E-state index in [1.54, 1.807) is 45.0 Å². The highest BCUT2D eigenvalue weighted by Crippen LogP contribution is 2.43. The van der Waals surface area contributed by atoms with Gasteiger partial charge in [-0.3, -0.25) is 4.79 Å². The van der Waals surface area contributed by atoms with E-state index in [0.29, 0.717) is 10.4 Å². The van der Waals surface area contributed by atoms with Crippen molar-refractivity contribution in [1.29, 1.82) is 0 Å². The molecule has 1 atom stereocenters. The molecule has 206 valence electrons. The number of benzene rings is 2. The third kappa shape index (κ3) is 4.55. The number of amides is 2. The minimum absolute atomic E-state index is 0.00832. The number of nitrogens with zero attached hydrogens (tertiary/aromatic N) is 3. The molecule has 1 unspecified atom stereocenters. The van der Waals surface area contributed by atoms with Gasteiger partial charge in [-0.15, -0.1) is 0 Å². The zero-order valence-electron chi connectivity index (χ0n) is 21.4. The number of likely N-dealkylation sites (tertiary alicyclic amines) is 1. The molecule has 3 saturated heterocycles. The Kier molecular flexibility index (Phi) is 6.49. The second-order valence-electron chi connectivity index (χ2n) is 11.1. The van der Waals surface area contributed by atoms with Gasteiger partial charge in [-0.05, 0) is 68.7 Å². The van der Waals surface area contributed by atoms with Crippen LogP contribution in [0, 0.1) is 0 Å². The number of ether oxygens (including phenoxy) is 1. The van der Waals surface area contributed by atoms with Gasteiger partial charge in [0.2, 0.25) is 15.9 Å². The summed E-state index contributed by atoms with van der Waals surface area (Å²) in [6, 6.07) is 9.63. The van der Waals surface area contributed by atoms with Crippen molar-refractivity contribution in [3.8, 4) is 0 Å². The van der Waals surface area contributed by atoms with E-state index in [0.717, 1.165) is 9.69 Å². The van der Waals surface area contributed by atoms with E-state index in [1.807, 2.05) is 0 Å². The van der Waals surface area contributed by atoms with E-state index >= 15 is 0 Å². The number of halogens is 1. The van der Waals surface area contributed by atoms with Crippen LogP contribution in [0.2, 0.25) is 5.02 Å². The fourth-order valence-corrected chi connectivity index (χ4v) is 9.70. The van der Waals surface area contributed by atoms with Gasteiger partial charge in [-0.1, -0.05) is 23.7 Å². The molecule has 3 aliphatic heterocycles. The number of sulfone groups is 1. The number of fused-ring (bicyclic) bond motifs is 2. The summed E-state index contributed by atoms with van der Waals surface area (Å²) in [5.74, 6) is -0.549. The number of hydrogen-bond acceptors (Lipinski definition) is 7. The van der Waals surface area contributed by atoms with Gasteiger partial charge in [0.1, 0.15) is 11.0 Å². The smallest absolute Gasteiger partial charge is 0.410 e. The number of sulfonamides is 1. The maximum absolute atomic E-state index is 13.8. The van der Waals surface area contributed by atoms with Gasteiger partial charge in [-0.2, -0.15) is 4.31 Å². The fourth-order valence-electron chi connectivity index (χ4n) is 5.44. The highest BCUT2D eigenvalue weighted by atomic mass is 35.5. The first-order valence-electron chi connectivity index (χ1n) is 12.3. The standard InChI is InChI=1S/C25H30ClN3O7S2/c1-24(2,3)36-23(31)27-10-8-25(9-11-27)16-29-21(30)14-28(15-22(29)37(25,32)33)38(34,35)20-7-5-17-12-19(26)6-4-18(17)13-20/h4-7,12-13,22H,8-11,14-16H2,1-3H3. The van der Waals surface area contributed by atoms with Crippen LogP contribution in [-0.2, 0) is 29.4 Å². The molecule has 2 amide bonds. The van der Waals surface area contributed by atoms with E-state index in [1.165, 1.54) is 21.9 Å². The normalized spacial score (nSPS) is 23.6. The predicted molar refractivity (Wildman–Crippen MR) is 142 cm³/mol. The molecule has 0 N–H and O–H groups in total. The van der Waals surface area contributed by atoms with Gasteiger partial charge in [0.05, 0.1) is 16.2 Å². The Balaban J connectivity index is 1.37. The maximum atomic E-state index is 13.8. The van der Waals surface area contributed by atoms with Gasteiger partial charge in [-0.25, -0.2) is 21.6 Å². The monoisotopic (exact) mass is 583 g/mol. The van der Waals surface area contributed by atoms with E-state index in [9.17, 15) is 26.4 Å². The second kappa shape index (κ2) is 9.07. The van der Waals surface area contributed by atoms with Crippen molar-refractivity contribution < 1.29 is 31.2 Å². The Hall–Kier alpha value is -2.41. The molecule has 10 nitrogen and oxygen atoms in total. The second-order valence-corrected chi connectivity index (χ2v) is 16.0. The average Bonchev–Trinajstić information content (AvgIpc) is 3.04. The predicted octanol–water partition coefficient (Wildman–Crippen LogP) is 2.85. The van der Waals surface area contributed by atoms with Crippen molar-refractivity contribution in [2.24, 2.45) is 0 Å². The van der Waals surface area contributed by atoms with Crippen molar-refractivity contribution in [2.75, 3.05) is 32.7 Å². The van der Waals surface area contributed by atoms with E-state index in [2.05, 4.69) is 0 Å². The number of carbonyl (C=O) groups is 2. The third-order valence-corrected chi connectivity index (χ3v) is 12.4. The van der Waals surface area contributed by atoms with Gasteiger partial charge < -0.3 is 14.5 Å². The van der Waals surface area contributed by atoms with E-state index in [4.69, 9.17) is 16.3 Å². The Morgan fingerprint density at radius 2 is 1.71 bits per heavy atom. The van der Waals surface area contributed by atoms with Crippen LogP contribution < -0.4 is 0 Å². The van der Waals surface area contributed by atoms with E-state index < -0.39 is 54.1 Å². The van der Waals surface area contributed by atoms with Crippen LogP contribution in [0.5, 0.6) is 0 Å². The van der Waals surface area contributed by atoms with Crippen molar-refractivity contribution >= 4 is 54.2 Å². The van der Waals surface area contributed by atoms with Crippen molar-refractivity contribution in [3.05, 3.63) is 41.4 Å². The molecular formula is C25H30ClN3O7S2. The van der Waals surface area contributed by atoms with Crippen LogP contribution in [0.15, 0.2) is 41.3 Å². The molecule has 0 aromatic heterocycles. The van der Waals surface area contributed by atoms with Gasteiger partial charge >= 0.3 is 6.09 Å². The fraction of sp³-hybridized carbons (Fsp3) is 0.520. The minimum Gasteiger partial charge on any atom is -0.444 e. The number of carbonyl (C=O) groups excluding carboxylic acids is 2. The molecule has 3 fully saturated rings. The summed E-state index contributed by atoms with van der Waals surface area (Å²) in [4.78, 5) is 28.3. The highest BCUT2D eigenvalue weighted by Gasteiger charge is 2.62. The summed E-state index contributed by atoms with van der Waals surface area (Å²) in [7, 11) is -8.08. The molecule has 2 aromatic rings. The Labute approximate surface area is 227 Å². The summed E-state index contributed by atoms with van der Waals surface area (Å²) in [5, 5.41) is 0.665. The first-order valence-corrected chi connectivity index (χ1v) is 15.7. The first kappa shape index (κ1) is 27.2. The summed E-state index contributed by atoms with van der Waals surface area (Å²) in [5.41, 5.74) is -0.675. The Morgan fingerprint density at radius 3 is 2.37 bits per heavy atom. The summed E-state index contributed by atoms with van der Waals surface area (Å²) in [6.07, 6.45) is -0.213. The summed E-state index contributed by atoms with van der Waals surface area (Å²) < 4.78 is 59.8. The van der Waals surface area contributed by atoms with Crippen LogP contribution in [0.4, 0.5) is 4.79 Å². The molecule has 0 bridgehead atoms. The van der Waals surface area contributed by atoms with Gasteiger partial charge in [0.25, 0.3) is 0 Å². The maximum Gasteiger partial charge on any atom is 0.410 e. The Morgan fingerprint density at radius 1 is 1.08 bits per heavy atom. The first-order chi connectivity index (χ1) is 17.6. The highest BCUT2D eigenvalue weighted by molar-refractivity contribution is 7.94. The number of piperidine rings is 1. The lowest BCUT2D eigenvalue weighted by molar-refractivity contribution is -0.134. The van der Waals surface area contributed by atoms with Crippen LogP contribution >= 0.6 is 11.6 Å². The molecule has 3 aliphatic rings.